The molecule has 0 bridgehead atoms. The molecule has 12 heavy (non-hydrogen) atoms. The van der Waals surface area contributed by atoms with Gasteiger partial charge in [-0.2, -0.15) is 0 Å². The minimum absolute atomic E-state index is 0.189. The minimum atomic E-state index is -0.576. The Labute approximate surface area is 67.3 Å². The summed E-state index contributed by atoms with van der Waals surface area (Å²) >= 11 is 0. The highest BCUT2D eigenvalue weighted by molar-refractivity contribution is 5.95. The lowest BCUT2D eigenvalue weighted by Gasteiger charge is -2.08. The summed E-state index contributed by atoms with van der Waals surface area (Å²) in [6.45, 7) is 0.364. The van der Waals surface area contributed by atoms with Crippen molar-refractivity contribution < 1.29 is 4.79 Å². The Morgan fingerprint density at radius 2 is 2.58 bits per heavy atom. The zero-order valence-corrected chi connectivity index (χ0v) is 6.06. The van der Waals surface area contributed by atoms with Crippen LogP contribution in [0, 0.1) is 0 Å². The molecule has 0 fully saturated rings. The average molecular weight is 166 g/mol. The molecule has 1 aromatic heterocycles. The highest BCUT2D eigenvalue weighted by atomic mass is 16.1. The van der Waals surface area contributed by atoms with Gasteiger partial charge in [-0.15, -0.1) is 5.11 Å². The van der Waals surface area contributed by atoms with E-state index in [0.717, 1.165) is 0 Å². The van der Waals surface area contributed by atoms with Gasteiger partial charge in [0, 0.05) is 0 Å². The molecule has 0 radical (unpaired) electrons. The van der Waals surface area contributed by atoms with Crippen LogP contribution in [-0.2, 0) is 6.67 Å². The Morgan fingerprint density at radius 1 is 1.75 bits per heavy atom. The maximum Gasteiger partial charge on any atom is 0.271 e. The van der Waals surface area contributed by atoms with E-state index in [1.807, 2.05) is 0 Å². The van der Waals surface area contributed by atoms with Crippen LogP contribution in [0.25, 0.3) is 0 Å². The lowest BCUT2D eigenvalue weighted by atomic mass is 10.4. The Hall–Kier alpha value is -1.92. The lowest BCUT2D eigenvalue weighted by Crippen LogP contribution is -2.15. The molecule has 0 atom stereocenters. The van der Waals surface area contributed by atoms with Gasteiger partial charge in [0.2, 0.25) is 0 Å². The largest absolute Gasteiger partial charge is 0.364 e. The van der Waals surface area contributed by atoms with E-state index in [4.69, 9.17) is 5.73 Å². The molecule has 62 valence electrons. The molecule has 7 heteroatoms. The summed E-state index contributed by atoms with van der Waals surface area (Å²) in [6, 6.07) is 0. The van der Waals surface area contributed by atoms with Crippen LogP contribution < -0.4 is 11.2 Å². The fourth-order valence-electron chi connectivity index (χ4n) is 0.970. The molecule has 1 amide bonds. The fourth-order valence-corrected chi connectivity index (χ4v) is 0.970. The quantitative estimate of drug-likeness (QED) is 0.600. The van der Waals surface area contributed by atoms with E-state index < -0.39 is 5.91 Å². The van der Waals surface area contributed by atoms with Crippen LogP contribution in [0.4, 0.5) is 5.82 Å². The number of rotatable bonds is 1. The SMILES string of the molecule is NC(=O)c1ncn2c1NN=NC2. The Balaban J connectivity index is 2.48. The first-order valence-electron chi connectivity index (χ1n) is 3.26. The van der Waals surface area contributed by atoms with Crippen molar-refractivity contribution in [3.63, 3.8) is 0 Å². The van der Waals surface area contributed by atoms with E-state index in [1.54, 1.807) is 4.57 Å². The first-order chi connectivity index (χ1) is 5.79. The van der Waals surface area contributed by atoms with Crippen molar-refractivity contribution in [2.45, 2.75) is 6.67 Å². The van der Waals surface area contributed by atoms with Gasteiger partial charge in [0.25, 0.3) is 5.91 Å². The second-order valence-electron chi connectivity index (χ2n) is 2.27. The number of nitrogens with two attached hydrogens (primary N) is 1. The summed E-state index contributed by atoms with van der Waals surface area (Å²) in [5.41, 5.74) is 7.79. The Morgan fingerprint density at radius 3 is 3.33 bits per heavy atom. The molecule has 2 rings (SSSR count). The number of fused-ring (bicyclic) bond motifs is 1. The molecule has 7 nitrogen and oxygen atoms in total. The van der Waals surface area contributed by atoms with Crippen molar-refractivity contribution in [1.82, 2.24) is 9.55 Å². The van der Waals surface area contributed by atoms with E-state index in [9.17, 15) is 4.79 Å². The number of carbonyl (C=O) groups excluding carboxylic acids is 1. The van der Waals surface area contributed by atoms with Gasteiger partial charge in [-0.05, 0) is 0 Å². The van der Waals surface area contributed by atoms with Gasteiger partial charge < -0.3 is 5.73 Å². The number of primary amides is 1. The summed E-state index contributed by atoms with van der Waals surface area (Å²) in [4.78, 5) is 14.6. The standard InChI is InChI=1S/C5H6N6O/c6-4(12)3-5-9-10-8-2-11(5)1-7-3/h1H,2H2,(H2,6,12)(H,8,9). The molecule has 1 aromatic rings. The fraction of sp³-hybridized carbons (Fsp3) is 0.200. The van der Waals surface area contributed by atoms with Crippen LogP contribution in [0.15, 0.2) is 16.7 Å². The van der Waals surface area contributed by atoms with Crippen molar-refractivity contribution in [3.05, 3.63) is 12.0 Å². The van der Waals surface area contributed by atoms with Gasteiger partial charge >= 0.3 is 0 Å². The van der Waals surface area contributed by atoms with Crippen molar-refractivity contribution in [3.8, 4) is 0 Å². The molecule has 1 aliphatic heterocycles. The van der Waals surface area contributed by atoms with Crippen molar-refractivity contribution in [2.24, 2.45) is 16.1 Å². The number of hydrogen-bond donors (Lipinski definition) is 2. The van der Waals surface area contributed by atoms with Gasteiger partial charge in [-0.25, -0.2) is 10.4 Å². The predicted molar refractivity (Wildman–Crippen MR) is 39.2 cm³/mol. The van der Waals surface area contributed by atoms with E-state index in [2.05, 4.69) is 20.7 Å². The highest BCUT2D eigenvalue weighted by Gasteiger charge is 2.16. The smallest absolute Gasteiger partial charge is 0.271 e. The monoisotopic (exact) mass is 166 g/mol. The third-order valence-electron chi connectivity index (χ3n) is 1.51. The summed E-state index contributed by atoms with van der Waals surface area (Å²) < 4.78 is 1.65. The number of nitrogens with one attached hydrogen (secondary N) is 1. The van der Waals surface area contributed by atoms with Gasteiger partial charge in [0.1, 0.15) is 6.67 Å². The molecular weight excluding hydrogens is 160 g/mol. The molecule has 0 spiro atoms. The molecule has 3 N–H and O–H groups in total. The molecule has 0 aromatic carbocycles. The predicted octanol–water partition coefficient (Wildman–Crippen LogP) is -0.268. The Kier molecular flexibility index (Phi) is 1.29. The van der Waals surface area contributed by atoms with Crippen molar-refractivity contribution in [1.29, 1.82) is 0 Å². The van der Waals surface area contributed by atoms with E-state index in [0.29, 0.717) is 12.5 Å². The molecule has 0 aliphatic carbocycles. The number of anilines is 1. The van der Waals surface area contributed by atoms with Crippen LogP contribution in [0.5, 0.6) is 0 Å². The zero-order chi connectivity index (χ0) is 8.55. The van der Waals surface area contributed by atoms with E-state index in [-0.39, 0.29) is 5.69 Å². The maximum atomic E-state index is 10.8. The normalized spacial score (nSPS) is 13.7. The summed E-state index contributed by atoms with van der Waals surface area (Å²) in [5, 5.41) is 7.22. The first kappa shape index (κ1) is 6.77. The molecule has 0 saturated carbocycles. The number of amides is 1. The topological polar surface area (TPSA) is 97.7 Å². The van der Waals surface area contributed by atoms with Crippen molar-refractivity contribution in [2.75, 3.05) is 5.43 Å². The molecule has 2 heterocycles. The van der Waals surface area contributed by atoms with Crippen LogP contribution in [0.1, 0.15) is 10.5 Å². The van der Waals surface area contributed by atoms with Crippen molar-refractivity contribution >= 4 is 11.7 Å². The van der Waals surface area contributed by atoms with E-state index >= 15 is 0 Å². The second-order valence-corrected chi connectivity index (χ2v) is 2.27. The molecule has 0 unspecified atom stereocenters. The van der Waals surface area contributed by atoms with Gasteiger partial charge in [-0.3, -0.25) is 9.36 Å². The number of nitrogens with zero attached hydrogens (tertiary/aromatic N) is 4. The third-order valence-corrected chi connectivity index (χ3v) is 1.51. The number of imidazole rings is 1. The van der Waals surface area contributed by atoms with E-state index in [1.165, 1.54) is 6.33 Å². The highest BCUT2D eigenvalue weighted by Crippen LogP contribution is 2.16. The lowest BCUT2D eigenvalue weighted by molar-refractivity contribution is 0.0996. The summed E-state index contributed by atoms with van der Waals surface area (Å²) in [7, 11) is 0. The van der Waals surface area contributed by atoms with Gasteiger partial charge in [-0.1, -0.05) is 5.22 Å². The zero-order valence-electron chi connectivity index (χ0n) is 6.06. The summed E-state index contributed by atoms with van der Waals surface area (Å²) in [5.74, 6) is -0.0779. The third kappa shape index (κ3) is 0.831. The maximum absolute atomic E-state index is 10.8. The number of carbonyl (C=O) groups is 1. The average Bonchev–Trinajstić information content (AvgIpc) is 2.47. The Bertz CT molecular complexity index is 353. The minimum Gasteiger partial charge on any atom is -0.364 e. The first-order valence-corrected chi connectivity index (χ1v) is 3.26. The van der Waals surface area contributed by atoms with Crippen LogP contribution in [0.2, 0.25) is 0 Å². The molecule has 1 aliphatic rings. The van der Waals surface area contributed by atoms with Crippen LogP contribution >= 0.6 is 0 Å². The molecule has 0 saturated heterocycles. The number of aromatic nitrogens is 2. The molecular formula is C5H6N6O. The van der Waals surface area contributed by atoms with Crippen LogP contribution in [0.3, 0.4) is 0 Å². The van der Waals surface area contributed by atoms with Gasteiger partial charge in [0.15, 0.2) is 11.5 Å². The van der Waals surface area contributed by atoms with Crippen LogP contribution in [-0.4, -0.2) is 15.5 Å². The summed E-state index contributed by atoms with van der Waals surface area (Å²) in [6.07, 6.45) is 1.49. The second kappa shape index (κ2) is 2.29. The van der Waals surface area contributed by atoms with Gasteiger partial charge in [0.05, 0.1) is 6.33 Å². The number of hydrogen-bond acceptors (Lipinski definition) is 5.